The fourth-order valence-electron chi connectivity index (χ4n) is 3.40. The molecule has 1 aliphatic rings. The molecule has 28 heavy (non-hydrogen) atoms. The van der Waals surface area contributed by atoms with Gasteiger partial charge in [0.15, 0.2) is 0 Å². The molecule has 1 saturated heterocycles. The highest BCUT2D eigenvalue weighted by Gasteiger charge is 2.26. The minimum absolute atomic E-state index is 0.0606. The number of hydrogen-bond acceptors (Lipinski definition) is 4. The topological polar surface area (TPSA) is 74.6 Å². The minimum Gasteiger partial charge on any atom is -0.465 e. The molecule has 1 unspecified atom stereocenters. The zero-order valence-electron chi connectivity index (χ0n) is 16.4. The Morgan fingerprint density at radius 2 is 1.86 bits per heavy atom. The maximum Gasteiger partial charge on any atom is 0.244 e. The Labute approximate surface area is 165 Å². The minimum atomic E-state index is -0.140. The summed E-state index contributed by atoms with van der Waals surface area (Å²) in [6.45, 7) is 5.96. The third-order valence-electron chi connectivity index (χ3n) is 4.80. The lowest BCUT2D eigenvalue weighted by Crippen LogP contribution is -2.36. The molecule has 2 heterocycles. The van der Waals surface area contributed by atoms with Crippen molar-refractivity contribution < 1.29 is 14.0 Å². The van der Waals surface area contributed by atoms with Crippen LogP contribution in [0.25, 0.3) is 6.08 Å². The van der Waals surface area contributed by atoms with E-state index in [1.54, 1.807) is 6.08 Å². The van der Waals surface area contributed by atoms with Crippen LogP contribution in [0.4, 0.5) is 5.69 Å². The van der Waals surface area contributed by atoms with Gasteiger partial charge in [-0.2, -0.15) is 0 Å². The molecule has 0 aliphatic carbocycles. The largest absolute Gasteiger partial charge is 0.465 e. The van der Waals surface area contributed by atoms with Crippen molar-refractivity contribution in [1.82, 2.24) is 10.2 Å². The van der Waals surface area contributed by atoms with Crippen molar-refractivity contribution in [3.05, 3.63) is 59.6 Å². The van der Waals surface area contributed by atoms with Gasteiger partial charge in [0.25, 0.3) is 0 Å². The number of amides is 2. The van der Waals surface area contributed by atoms with Crippen molar-refractivity contribution in [2.75, 3.05) is 25.0 Å². The van der Waals surface area contributed by atoms with Crippen LogP contribution in [0, 0.1) is 6.92 Å². The Bertz CT molecular complexity index is 833. The van der Waals surface area contributed by atoms with Crippen molar-refractivity contribution in [3.8, 4) is 0 Å². The van der Waals surface area contributed by atoms with Gasteiger partial charge in [0, 0.05) is 25.2 Å². The van der Waals surface area contributed by atoms with Gasteiger partial charge in [0.05, 0.1) is 6.04 Å². The van der Waals surface area contributed by atoms with Crippen LogP contribution >= 0.6 is 0 Å². The normalized spacial score (nSPS) is 15.6. The third-order valence-corrected chi connectivity index (χ3v) is 4.80. The van der Waals surface area contributed by atoms with Gasteiger partial charge in [-0.1, -0.05) is 12.1 Å². The van der Waals surface area contributed by atoms with Crippen LogP contribution in [0.1, 0.15) is 42.9 Å². The van der Waals surface area contributed by atoms with Crippen molar-refractivity contribution >= 4 is 23.6 Å². The molecule has 2 N–H and O–H groups in total. The van der Waals surface area contributed by atoms with E-state index in [2.05, 4.69) is 15.5 Å². The van der Waals surface area contributed by atoms with Crippen LogP contribution in [0.2, 0.25) is 0 Å². The highest BCUT2D eigenvalue weighted by atomic mass is 16.3. The molecule has 1 fully saturated rings. The van der Waals surface area contributed by atoms with E-state index in [0.717, 1.165) is 35.9 Å². The van der Waals surface area contributed by atoms with Gasteiger partial charge >= 0.3 is 0 Å². The zero-order chi connectivity index (χ0) is 19.9. The number of carbonyl (C=O) groups excluding carboxylic acids is 2. The molecule has 3 rings (SSSR count). The van der Waals surface area contributed by atoms with Gasteiger partial charge in [0.2, 0.25) is 11.8 Å². The van der Waals surface area contributed by atoms with Crippen molar-refractivity contribution in [3.63, 3.8) is 0 Å². The number of rotatable bonds is 7. The molecule has 1 aromatic carbocycles. The maximum atomic E-state index is 12.3. The fourth-order valence-corrected chi connectivity index (χ4v) is 3.40. The lowest BCUT2D eigenvalue weighted by atomic mass is 10.1. The van der Waals surface area contributed by atoms with Gasteiger partial charge in [-0.25, -0.2) is 0 Å². The van der Waals surface area contributed by atoms with Crippen molar-refractivity contribution in [1.29, 1.82) is 0 Å². The summed E-state index contributed by atoms with van der Waals surface area (Å²) in [7, 11) is 0. The molecule has 0 radical (unpaired) electrons. The molecule has 6 heteroatoms. The Hall–Kier alpha value is -2.86. The number of likely N-dealkylation sites (tertiary alicyclic amines) is 1. The molecule has 2 amide bonds. The summed E-state index contributed by atoms with van der Waals surface area (Å²) in [6.07, 6.45) is 5.65. The molecule has 0 spiro atoms. The molecule has 1 atom stereocenters. The predicted octanol–water partition coefficient (Wildman–Crippen LogP) is 3.51. The molecular weight excluding hydrogens is 354 g/mol. The number of nitrogens with zero attached hydrogens (tertiary/aromatic N) is 1. The average Bonchev–Trinajstić information content (AvgIpc) is 3.33. The summed E-state index contributed by atoms with van der Waals surface area (Å²) in [5.74, 6) is 1.53. The second-order valence-corrected chi connectivity index (χ2v) is 7.09. The summed E-state index contributed by atoms with van der Waals surface area (Å²) in [5.41, 5.74) is 1.62. The molecule has 6 nitrogen and oxygen atoms in total. The van der Waals surface area contributed by atoms with Crippen LogP contribution in [-0.4, -0.2) is 36.3 Å². The SMILES string of the molecule is CC(=O)Nc1ccc(/C=C/C(=O)NCC(c2ccc(C)o2)N2CCCC2)cc1. The highest BCUT2D eigenvalue weighted by molar-refractivity contribution is 5.92. The van der Waals surface area contributed by atoms with Gasteiger partial charge in [-0.15, -0.1) is 0 Å². The molecule has 0 saturated carbocycles. The summed E-state index contributed by atoms with van der Waals surface area (Å²) in [6, 6.07) is 11.3. The van der Waals surface area contributed by atoms with Gasteiger partial charge in [-0.05, 0) is 68.8 Å². The first-order valence-electron chi connectivity index (χ1n) is 9.65. The molecular formula is C22H27N3O3. The molecule has 1 aliphatic heterocycles. The maximum absolute atomic E-state index is 12.3. The third kappa shape index (κ3) is 5.57. The summed E-state index contributed by atoms with van der Waals surface area (Å²) >= 11 is 0. The number of carbonyl (C=O) groups is 2. The first-order chi connectivity index (χ1) is 13.5. The van der Waals surface area contributed by atoms with E-state index in [9.17, 15) is 9.59 Å². The van der Waals surface area contributed by atoms with Crippen LogP contribution in [0.5, 0.6) is 0 Å². The summed E-state index contributed by atoms with van der Waals surface area (Å²) in [4.78, 5) is 25.7. The first kappa shape index (κ1) is 19.9. The smallest absolute Gasteiger partial charge is 0.244 e. The lowest BCUT2D eigenvalue weighted by Gasteiger charge is -2.25. The number of hydrogen-bond donors (Lipinski definition) is 2. The molecule has 2 aromatic rings. The Kier molecular flexibility index (Phi) is 6.66. The average molecular weight is 381 g/mol. The number of furan rings is 1. The van der Waals surface area contributed by atoms with Crippen LogP contribution in [0.3, 0.4) is 0 Å². The monoisotopic (exact) mass is 381 g/mol. The van der Waals surface area contributed by atoms with Crippen LogP contribution in [-0.2, 0) is 9.59 Å². The van der Waals surface area contributed by atoms with Gasteiger partial charge < -0.3 is 15.1 Å². The fraction of sp³-hybridized carbons (Fsp3) is 0.364. The van der Waals surface area contributed by atoms with Crippen molar-refractivity contribution in [2.45, 2.75) is 32.7 Å². The standard InChI is InChI=1S/C22H27N3O3/c1-16-5-11-21(28-16)20(25-13-3-4-14-25)15-23-22(27)12-8-18-6-9-19(10-7-18)24-17(2)26/h5-12,20H,3-4,13-15H2,1-2H3,(H,23,27)(H,24,26)/b12-8+. The number of aryl methyl sites for hydroxylation is 1. The number of benzene rings is 1. The van der Waals surface area contributed by atoms with E-state index < -0.39 is 0 Å². The van der Waals surface area contributed by atoms with E-state index >= 15 is 0 Å². The van der Waals surface area contributed by atoms with E-state index in [-0.39, 0.29) is 17.9 Å². The second kappa shape index (κ2) is 9.37. The van der Waals surface area contributed by atoms with E-state index in [0.29, 0.717) is 6.54 Å². The van der Waals surface area contributed by atoms with Crippen LogP contribution in [0.15, 0.2) is 46.9 Å². The molecule has 148 valence electrons. The van der Waals surface area contributed by atoms with Gasteiger partial charge in [-0.3, -0.25) is 14.5 Å². The van der Waals surface area contributed by atoms with E-state index in [1.165, 1.54) is 25.8 Å². The highest BCUT2D eigenvalue weighted by Crippen LogP contribution is 2.26. The predicted molar refractivity (Wildman–Crippen MR) is 110 cm³/mol. The summed E-state index contributed by atoms with van der Waals surface area (Å²) < 4.78 is 5.82. The second-order valence-electron chi connectivity index (χ2n) is 7.09. The zero-order valence-corrected chi connectivity index (χ0v) is 16.4. The van der Waals surface area contributed by atoms with Crippen LogP contribution < -0.4 is 10.6 Å². The molecule has 0 bridgehead atoms. The summed E-state index contributed by atoms with van der Waals surface area (Å²) in [5, 5.41) is 5.71. The number of nitrogens with one attached hydrogen (secondary N) is 2. The van der Waals surface area contributed by atoms with Gasteiger partial charge in [0.1, 0.15) is 11.5 Å². The quantitative estimate of drug-likeness (QED) is 0.720. The van der Waals surface area contributed by atoms with E-state index in [4.69, 9.17) is 4.42 Å². The molecule has 1 aromatic heterocycles. The lowest BCUT2D eigenvalue weighted by molar-refractivity contribution is -0.117. The van der Waals surface area contributed by atoms with Crippen molar-refractivity contribution in [2.24, 2.45) is 0 Å². The van der Waals surface area contributed by atoms with E-state index in [1.807, 2.05) is 43.3 Å². The Morgan fingerprint density at radius 3 is 2.46 bits per heavy atom. The Balaban J connectivity index is 1.56. The number of anilines is 1. The Morgan fingerprint density at radius 1 is 1.14 bits per heavy atom. The first-order valence-corrected chi connectivity index (χ1v) is 9.65.